The van der Waals surface area contributed by atoms with Gasteiger partial charge in [-0.1, -0.05) is 152 Å². The van der Waals surface area contributed by atoms with Gasteiger partial charge in [0, 0.05) is 43.1 Å². The van der Waals surface area contributed by atoms with Gasteiger partial charge in [-0.2, -0.15) is 0 Å². The predicted molar refractivity (Wildman–Crippen MR) is 232 cm³/mol. The molecule has 11 aromatic rings. The predicted octanol–water partition coefficient (Wildman–Crippen LogP) is 14.0. The zero-order valence-corrected chi connectivity index (χ0v) is 30.5. The molecule has 0 aliphatic carbocycles. The van der Waals surface area contributed by atoms with E-state index in [0.29, 0.717) is 5.82 Å². The molecule has 3 nitrogen and oxygen atoms in total. The van der Waals surface area contributed by atoms with Crippen LogP contribution in [0.3, 0.4) is 0 Å². The molecule has 256 valence electrons. The van der Waals surface area contributed by atoms with Gasteiger partial charge in [-0.25, -0.2) is 15.0 Å². The molecule has 3 heterocycles. The molecule has 55 heavy (non-hydrogen) atoms. The highest BCUT2D eigenvalue weighted by Crippen LogP contribution is 2.44. The minimum absolute atomic E-state index is 0.699. The van der Waals surface area contributed by atoms with E-state index >= 15 is 0 Å². The summed E-state index contributed by atoms with van der Waals surface area (Å²) in [5.74, 6) is 0.699. The number of hydrogen-bond acceptors (Lipinski definition) is 4. The van der Waals surface area contributed by atoms with Crippen molar-refractivity contribution in [1.29, 1.82) is 0 Å². The number of fused-ring (bicyclic) bond motifs is 8. The molecule has 0 aliphatic heterocycles. The molecule has 0 saturated carbocycles. The summed E-state index contributed by atoms with van der Waals surface area (Å²) in [6.45, 7) is 0. The highest BCUT2D eigenvalue weighted by Gasteiger charge is 2.18. The highest BCUT2D eigenvalue weighted by atomic mass is 32.1. The molecule has 4 heteroatoms. The van der Waals surface area contributed by atoms with Gasteiger partial charge in [0.15, 0.2) is 5.82 Å². The third-order valence-electron chi connectivity index (χ3n) is 10.7. The standard InChI is InChI=1S/C51H31N3S/c1-3-12-34(13-4-1)45-31-46(35-22-19-32(20-23-35)37-25-27-41-38(29-37)24-21-33-11-7-8-16-40(33)41)54-51(53-45)39-26-28-47-43(30-39)48-42-17-9-10-18-44(42)52-49(50(48)55-47)36-14-5-2-6-15-36/h1-31H. The van der Waals surface area contributed by atoms with Crippen LogP contribution in [0.15, 0.2) is 188 Å². The Hall–Kier alpha value is -7.01. The first kappa shape index (κ1) is 31.5. The van der Waals surface area contributed by atoms with E-state index in [4.69, 9.17) is 15.0 Å². The number of nitrogens with zero attached hydrogens (tertiary/aromatic N) is 3. The van der Waals surface area contributed by atoms with Crippen LogP contribution in [0, 0.1) is 0 Å². The quantitative estimate of drug-likeness (QED) is 0.166. The Morgan fingerprint density at radius 3 is 1.75 bits per heavy atom. The molecule has 0 N–H and O–H groups in total. The van der Waals surface area contributed by atoms with Crippen molar-refractivity contribution in [1.82, 2.24) is 15.0 Å². The lowest BCUT2D eigenvalue weighted by molar-refractivity contribution is 1.18. The van der Waals surface area contributed by atoms with Gasteiger partial charge < -0.3 is 0 Å². The van der Waals surface area contributed by atoms with E-state index < -0.39 is 0 Å². The Labute approximate surface area is 321 Å². The van der Waals surface area contributed by atoms with Crippen molar-refractivity contribution >= 4 is 64.0 Å². The second-order valence-corrected chi connectivity index (χ2v) is 15.0. The van der Waals surface area contributed by atoms with E-state index in [1.807, 2.05) is 6.07 Å². The first-order valence-corrected chi connectivity index (χ1v) is 19.3. The number of pyridine rings is 1. The van der Waals surface area contributed by atoms with E-state index in [2.05, 4.69) is 182 Å². The number of para-hydroxylation sites is 1. The van der Waals surface area contributed by atoms with Crippen LogP contribution >= 0.6 is 11.3 Å². The molecule has 0 radical (unpaired) electrons. The van der Waals surface area contributed by atoms with E-state index in [-0.39, 0.29) is 0 Å². The van der Waals surface area contributed by atoms with Gasteiger partial charge in [-0.15, -0.1) is 11.3 Å². The van der Waals surface area contributed by atoms with Gasteiger partial charge in [0.05, 0.1) is 27.3 Å². The van der Waals surface area contributed by atoms with Gasteiger partial charge in [-0.05, 0) is 69.1 Å². The molecule has 8 aromatic carbocycles. The van der Waals surface area contributed by atoms with Crippen molar-refractivity contribution in [3.8, 4) is 56.3 Å². The number of thiophene rings is 1. The topological polar surface area (TPSA) is 38.7 Å². The van der Waals surface area contributed by atoms with Crippen LogP contribution in [0.2, 0.25) is 0 Å². The molecule has 0 bridgehead atoms. The Kier molecular flexibility index (Phi) is 7.35. The van der Waals surface area contributed by atoms with Crippen molar-refractivity contribution in [2.24, 2.45) is 0 Å². The lowest BCUT2D eigenvalue weighted by Gasteiger charge is -2.11. The normalized spacial score (nSPS) is 11.6. The Bertz CT molecular complexity index is 3240. The van der Waals surface area contributed by atoms with Crippen LogP contribution in [0.4, 0.5) is 0 Å². The second kappa shape index (κ2) is 12.8. The molecule has 0 spiro atoms. The molecular formula is C51H31N3S. The summed E-state index contributed by atoms with van der Waals surface area (Å²) in [5, 5.41) is 8.63. The number of aromatic nitrogens is 3. The monoisotopic (exact) mass is 717 g/mol. The van der Waals surface area contributed by atoms with Crippen molar-refractivity contribution in [2.75, 3.05) is 0 Å². The van der Waals surface area contributed by atoms with Gasteiger partial charge in [-0.3, -0.25) is 0 Å². The maximum absolute atomic E-state index is 5.25. The van der Waals surface area contributed by atoms with Gasteiger partial charge in [0.2, 0.25) is 0 Å². The zero-order valence-electron chi connectivity index (χ0n) is 29.6. The van der Waals surface area contributed by atoms with Crippen LogP contribution in [0.1, 0.15) is 0 Å². The average molecular weight is 718 g/mol. The number of rotatable bonds is 5. The van der Waals surface area contributed by atoms with E-state index in [9.17, 15) is 0 Å². The van der Waals surface area contributed by atoms with Crippen LogP contribution in [-0.2, 0) is 0 Å². The average Bonchev–Trinajstić information content (AvgIpc) is 3.66. The summed E-state index contributed by atoms with van der Waals surface area (Å²) >= 11 is 1.80. The van der Waals surface area contributed by atoms with Crippen LogP contribution < -0.4 is 0 Å². The van der Waals surface area contributed by atoms with Crippen LogP contribution in [0.25, 0.3) is 109 Å². The first-order chi connectivity index (χ1) is 27.2. The third kappa shape index (κ3) is 5.46. The largest absolute Gasteiger partial charge is 0.246 e. The van der Waals surface area contributed by atoms with Crippen LogP contribution in [-0.4, -0.2) is 15.0 Å². The van der Waals surface area contributed by atoms with Crippen molar-refractivity contribution < 1.29 is 0 Å². The molecule has 0 aliphatic rings. The first-order valence-electron chi connectivity index (χ1n) is 18.5. The van der Waals surface area contributed by atoms with E-state index in [1.165, 1.54) is 52.8 Å². The fraction of sp³-hybridized carbons (Fsp3) is 0. The second-order valence-electron chi connectivity index (χ2n) is 14.0. The highest BCUT2D eigenvalue weighted by molar-refractivity contribution is 7.26. The smallest absolute Gasteiger partial charge is 0.160 e. The fourth-order valence-electron chi connectivity index (χ4n) is 7.92. The third-order valence-corrected chi connectivity index (χ3v) is 11.8. The lowest BCUT2D eigenvalue weighted by Crippen LogP contribution is -1.96. The van der Waals surface area contributed by atoms with E-state index in [0.717, 1.165) is 50.2 Å². The molecule has 0 atom stereocenters. The summed E-state index contributed by atoms with van der Waals surface area (Å²) in [6, 6.07) is 66.7. The summed E-state index contributed by atoms with van der Waals surface area (Å²) in [7, 11) is 0. The molecule has 11 rings (SSSR count). The van der Waals surface area contributed by atoms with E-state index in [1.54, 1.807) is 11.3 Å². The molecule has 0 amide bonds. The summed E-state index contributed by atoms with van der Waals surface area (Å²) in [4.78, 5) is 15.6. The molecule has 0 fully saturated rings. The van der Waals surface area contributed by atoms with Gasteiger partial charge in [0.1, 0.15) is 0 Å². The summed E-state index contributed by atoms with van der Waals surface area (Å²) in [6.07, 6.45) is 0. The Morgan fingerprint density at radius 2 is 0.945 bits per heavy atom. The molecule has 3 aromatic heterocycles. The number of benzene rings is 8. The maximum Gasteiger partial charge on any atom is 0.160 e. The van der Waals surface area contributed by atoms with Crippen molar-refractivity contribution in [3.63, 3.8) is 0 Å². The fourth-order valence-corrected chi connectivity index (χ4v) is 9.13. The Balaban J connectivity index is 1.04. The minimum Gasteiger partial charge on any atom is -0.246 e. The number of hydrogen-bond donors (Lipinski definition) is 0. The van der Waals surface area contributed by atoms with Crippen molar-refractivity contribution in [2.45, 2.75) is 0 Å². The van der Waals surface area contributed by atoms with Gasteiger partial charge in [0.25, 0.3) is 0 Å². The summed E-state index contributed by atoms with van der Waals surface area (Å²) < 4.78 is 2.41. The lowest BCUT2D eigenvalue weighted by atomic mass is 9.96. The van der Waals surface area contributed by atoms with Crippen molar-refractivity contribution in [3.05, 3.63) is 188 Å². The maximum atomic E-state index is 5.25. The summed E-state index contributed by atoms with van der Waals surface area (Å²) in [5.41, 5.74) is 10.3. The molecular weight excluding hydrogens is 687 g/mol. The molecule has 0 saturated heterocycles. The van der Waals surface area contributed by atoms with Crippen LogP contribution in [0.5, 0.6) is 0 Å². The molecule has 0 unspecified atom stereocenters. The SMILES string of the molecule is c1ccc(-c2cc(-c3ccc(-c4ccc5c(ccc6ccccc65)c4)cc3)nc(-c3ccc4sc5c(-c6ccccc6)nc6ccccc6c5c4c3)n2)cc1. The zero-order chi connectivity index (χ0) is 36.3. The Morgan fingerprint density at radius 1 is 0.345 bits per heavy atom. The minimum atomic E-state index is 0.699. The van der Waals surface area contributed by atoms with Gasteiger partial charge >= 0.3 is 0 Å².